The minimum Gasteiger partial charge on any atom is -0.325 e. The van der Waals surface area contributed by atoms with Gasteiger partial charge in [0.2, 0.25) is 0 Å². The van der Waals surface area contributed by atoms with Crippen molar-refractivity contribution >= 4 is 0 Å². The topological polar surface area (TPSA) is 56.6 Å². The Morgan fingerprint density at radius 3 is 2.89 bits per heavy atom. The van der Waals surface area contributed by atoms with Gasteiger partial charge in [-0.2, -0.15) is 5.26 Å². The Morgan fingerprint density at radius 1 is 1.56 bits per heavy atom. The minimum atomic E-state index is -0.246. The fourth-order valence-electron chi connectivity index (χ4n) is 2.74. The number of fused-ring (bicyclic) bond motifs is 1. The summed E-state index contributed by atoms with van der Waals surface area (Å²) in [5, 5.41) is 8.92. The summed E-state index contributed by atoms with van der Waals surface area (Å²) in [6.07, 6.45) is 4.17. The van der Waals surface area contributed by atoms with Gasteiger partial charge in [0, 0.05) is 5.69 Å². The smallest absolute Gasteiger partial charge is 0.266 e. The minimum absolute atomic E-state index is 0.240. The zero-order valence-corrected chi connectivity index (χ0v) is 11.3. The maximum atomic E-state index is 11.6. The number of aromatic amines is 1. The molecule has 1 aliphatic carbocycles. The monoisotopic (exact) mass is 244 g/mol. The van der Waals surface area contributed by atoms with Crippen LogP contribution in [0.25, 0.3) is 0 Å². The van der Waals surface area contributed by atoms with Crippen LogP contribution >= 0.6 is 0 Å². The van der Waals surface area contributed by atoms with Gasteiger partial charge in [0.05, 0.1) is 0 Å². The number of nitrogens with zero attached hydrogens (tertiary/aromatic N) is 1. The number of H-pyrrole nitrogens is 1. The summed E-state index contributed by atoms with van der Waals surface area (Å²) in [6.45, 7) is 6.84. The Morgan fingerprint density at radius 2 is 2.28 bits per heavy atom. The quantitative estimate of drug-likeness (QED) is 0.869. The van der Waals surface area contributed by atoms with E-state index in [9.17, 15) is 4.79 Å². The predicted octanol–water partition coefficient (Wildman–Crippen LogP) is 2.79. The van der Waals surface area contributed by atoms with Gasteiger partial charge in [-0.25, -0.2) is 0 Å². The number of aryl methyl sites for hydroxylation is 1. The molecule has 0 saturated heterocycles. The zero-order chi connectivity index (χ0) is 13.3. The third-order valence-corrected chi connectivity index (χ3v) is 4.56. The Balaban J connectivity index is 2.35. The lowest BCUT2D eigenvalue weighted by molar-refractivity contribution is 0.182. The van der Waals surface area contributed by atoms with Crippen LogP contribution in [0, 0.1) is 22.7 Å². The van der Waals surface area contributed by atoms with Crippen LogP contribution in [-0.2, 0) is 12.8 Å². The predicted molar refractivity (Wildman–Crippen MR) is 71.4 cm³/mol. The average molecular weight is 244 g/mol. The van der Waals surface area contributed by atoms with Gasteiger partial charge in [0.15, 0.2) is 0 Å². The van der Waals surface area contributed by atoms with Gasteiger partial charge in [0.25, 0.3) is 5.56 Å². The van der Waals surface area contributed by atoms with Crippen LogP contribution in [0.1, 0.15) is 50.4 Å². The van der Waals surface area contributed by atoms with Crippen LogP contribution in [0.3, 0.4) is 0 Å². The number of hydrogen-bond acceptors (Lipinski definition) is 2. The van der Waals surface area contributed by atoms with E-state index < -0.39 is 0 Å². The van der Waals surface area contributed by atoms with Crippen LogP contribution in [0.5, 0.6) is 0 Å². The molecular formula is C15H20N2O. The Kier molecular flexibility index (Phi) is 3.30. The summed E-state index contributed by atoms with van der Waals surface area (Å²) >= 11 is 0. The van der Waals surface area contributed by atoms with Crippen molar-refractivity contribution in [3.8, 4) is 6.07 Å². The summed E-state index contributed by atoms with van der Waals surface area (Å²) in [6, 6.07) is 3.75. The fourth-order valence-corrected chi connectivity index (χ4v) is 2.74. The van der Waals surface area contributed by atoms with E-state index in [4.69, 9.17) is 5.26 Å². The molecule has 96 valence electrons. The van der Waals surface area contributed by atoms with Crippen LogP contribution in [0.15, 0.2) is 10.9 Å². The van der Waals surface area contributed by atoms with Crippen molar-refractivity contribution in [2.45, 2.75) is 46.5 Å². The average Bonchev–Trinajstić information content (AvgIpc) is 2.37. The molecule has 1 heterocycles. The lowest BCUT2D eigenvalue weighted by Crippen LogP contribution is -2.30. The molecule has 1 aromatic heterocycles. The van der Waals surface area contributed by atoms with Crippen LogP contribution in [0.2, 0.25) is 0 Å². The molecule has 0 spiro atoms. The number of aromatic nitrogens is 1. The van der Waals surface area contributed by atoms with Crippen molar-refractivity contribution in [2.75, 3.05) is 0 Å². The number of pyridine rings is 1. The highest BCUT2D eigenvalue weighted by molar-refractivity contribution is 5.34. The standard InChI is InChI=1S/C15H20N2O/c1-4-15(2,3)12-5-6-13-10(8-12)7-11(9-16)14(18)17-13/h7,12H,4-6,8H2,1-3H3,(H,17,18)/t12-/m0/s1. The van der Waals surface area contributed by atoms with E-state index in [-0.39, 0.29) is 11.1 Å². The van der Waals surface area contributed by atoms with Gasteiger partial charge in [-0.05, 0) is 42.2 Å². The van der Waals surface area contributed by atoms with Crippen LogP contribution in [-0.4, -0.2) is 4.98 Å². The molecule has 0 bridgehead atoms. The molecule has 0 unspecified atom stereocenters. The van der Waals surface area contributed by atoms with E-state index in [2.05, 4.69) is 25.8 Å². The number of nitriles is 1. The zero-order valence-electron chi connectivity index (χ0n) is 11.3. The summed E-state index contributed by atoms with van der Waals surface area (Å²) in [5.41, 5.74) is 2.50. The first-order valence-corrected chi connectivity index (χ1v) is 6.63. The van der Waals surface area contributed by atoms with E-state index in [0.29, 0.717) is 11.3 Å². The molecule has 1 aromatic rings. The third-order valence-electron chi connectivity index (χ3n) is 4.56. The number of nitrogens with one attached hydrogen (secondary N) is 1. The Hall–Kier alpha value is -1.56. The SMILES string of the molecule is CCC(C)(C)[C@H]1CCc2[nH]c(=O)c(C#N)cc2C1. The van der Waals surface area contributed by atoms with E-state index in [0.717, 1.165) is 36.9 Å². The van der Waals surface area contributed by atoms with E-state index in [1.807, 2.05) is 6.07 Å². The van der Waals surface area contributed by atoms with Gasteiger partial charge in [-0.15, -0.1) is 0 Å². The molecule has 3 nitrogen and oxygen atoms in total. The van der Waals surface area contributed by atoms with Crippen molar-refractivity contribution in [1.29, 1.82) is 5.26 Å². The van der Waals surface area contributed by atoms with Gasteiger partial charge in [0.1, 0.15) is 11.6 Å². The molecule has 0 amide bonds. The Labute approximate surface area is 108 Å². The maximum Gasteiger partial charge on any atom is 0.266 e. The van der Waals surface area contributed by atoms with Gasteiger partial charge in [-0.1, -0.05) is 27.2 Å². The first kappa shape index (κ1) is 12.9. The normalized spacial score (nSPS) is 19.1. The maximum absolute atomic E-state index is 11.6. The molecule has 0 aromatic carbocycles. The van der Waals surface area contributed by atoms with Crippen LogP contribution < -0.4 is 5.56 Å². The Bertz CT molecular complexity index is 549. The third kappa shape index (κ3) is 2.20. The highest BCUT2D eigenvalue weighted by Crippen LogP contribution is 2.39. The molecule has 0 saturated carbocycles. The first-order chi connectivity index (χ1) is 8.47. The van der Waals surface area contributed by atoms with E-state index in [1.54, 1.807) is 6.07 Å². The van der Waals surface area contributed by atoms with Crippen molar-refractivity contribution in [1.82, 2.24) is 4.98 Å². The van der Waals surface area contributed by atoms with Crippen molar-refractivity contribution in [3.63, 3.8) is 0 Å². The molecule has 0 fully saturated rings. The number of rotatable bonds is 2. The second-order valence-electron chi connectivity index (χ2n) is 5.91. The lowest BCUT2D eigenvalue weighted by Gasteiger charge is -2.37. The first-order valence-electron chi connectivity index (χ1n) is 6.63. The highest BCUT2D eigenvalue weighted by atomic mass is 16.1. The molecule has 0 aliphatic heterocycles. The lowest BCUT2D eigenvalue weighted by atomic mass is 9.69. The van der Waals surface area contributed by atoms with Gasteiger partial charge < -0.3 is 4.98 Å². The summed E-state index contributed by atoms with van der Waals surface area (Å²) in [4.78, 5) is 14.4. The molecule has 2 rings (SSSR count). The molecular weight excluding hydrogens is 224 g/mol. The van der Waals surface area contributed by atoms with E-state index >= 15 is 0 Å². The molecule has 1 atom stereocenters. The van der Waals surface area contributed by atoms with E-state index in [1.165, 1.54) is 0 Å². The molecule has 1 N–H and O–H groups in total. The highest BCUT2D eigenvalue weighted by Gasteiger charge is 2.31. The van der Waals surface area contributed by atoms with Crippen molar-refractivity contribution in [2.24, 2.45) is 11.3 Å². The largest absolute Gasteiger partial charge is 0.325 e. The molecule has 3 heteroatoms. The number of hydrogen-bond donors (Lipinski definition) is 1. The van der Waals surface area contributed by atoms with Gasteiger partial charge in [-0.3, -0.25) is 4.79 Å². The fraction of sp³-hybridized carbons (Fsp3) is 0.600. The summed E-state index contributed by atoms with van der Waals surface area (Å²) in [7, 11) is 0. The van der Waals surface area contributed by atoms with Crippen LogP contribution in [0.4, 0.5) is 0 Å². The van der Waals surface area contributed by atoms with Crippen molar-refractivity contribution in [3.05, 3.63) is 33.2 Å². The summed E-state index contributed by atoms with van der Waals surface area (Å²) in [5.74, 6) is 0.632. The van der Waals surface area contributed by atoms with Gasteiger partial charge >= 0.3 is 0 Å². The second-order valence-corrected chi connectivity index (χ2v) is 5.91. The molecule has 1 aliphatic rings. The molecule has 18 heavy (non-hydrogen) atoms. The second kappa shape index (κ2) is 4.61. The van der Waals surface area contributed by atoms with Crippen molar-refractivity contribution < 1.29 is 0 Å². The summed E-state index contributed by atoms with van der Waals surface area (Å²) < 4.78 is 0. The molecule has 0 radical (unpaired) electrons.